The lowest BCUT2D eigenvalue weighted by Crippen LogP contribution is -2.60. The van der Waals surface area contributed by atoms with Gasteiger partial charge in [0.2, 0.25) is 11.8 Å². The third-order valence-electron chi connectivity index (χ3n) is 6.48. The van der Waals surface area contributed by atoms with E-state index >= 15 is 0 Å². The van der Waals surface area contributed by atoms with E-state index in [2.05, 4.69) is 4.98 Å². The van der Waals surface area contributed by atoms with E-state index in [1.807, 2.05) is 33.7 Å². The van der Waals surface area contributed by atoms with E-state index in [0.29, 0.717) is 11.6 Å². The van der Waals surface area contributed by atoms with Crippen LogP contribution in [0.5, 0.6) is 0 Å². The van der Waals surface area contributed by atoms with Gasteiger partial charge in [-0.1, -0.05) is 29.8 Å². The number of nitrogens with zero attached hydrogens (tertiary/aromatic N) is 4. The molecule has 0 aliphatic carbocycles. The van der Waals surface area contributed by atoms with Gasteiger partial charge in [0.15, 0.2) is 9.84 Å². The first kappa shape index (κ1) is 24.1. The molecule has 1 fully saturated rings. The molecule has 1 atom stereocenters. The molecule has 11 heteroatoms. The molecule has 2 aromatic heterocycles. The number of hydrogen-bond donors (Lipinski definition) is 1. The van der Waals surface area contributed by atoms with E-state index in [-0.39, 0.29) is 30.2 Å². The summed E-state index contributed by atoms with van der Waals surface area (Å²) in [5.74, 6) is -0.591. The highest BCUT2D eigenvalue weighted by Gasteiger charge is 2.35. The number of anilines is 1. The predicted molar refractivity (Wildman–Crippen MR) is 138 cm³/mol. The minimum Gasteiger partial charge on any atom is -0.368 e. The van der Waals surface area contributed by atoms with E-state index < -0.39 is 27.7 Å². The zero-order valence-electron chi connectivity index (χ0n) is 19.2. The molecule has 5 rings (SSSR count). The fourth-order valence-corrected chi connectivity index (χ4v) is 6.04. The van der Waals surface area contributed by atoms with Gasteiger partial charge >= 0.3 is 0 Å². The number of amides is 2. The normalized spacial score (nSPS) is 16.5. The van der Waals surface area contributed by atoms with Gasteiger partial charge in [-0.05, 0) is 47.2 Å². The van der Waals surface area contributed by atoms with Gasteiger partial charge in [0, 0.05) is 43.5 Å². The van der Waals surface area contributed by atoms with Crippen LogP contribution in [0.2, 0.25) is 5.02 Å². The Bertz CT molecular complexity index is 1590. The molecule has 0 radical (unpaired) electrons. The number of benzene rings is 2. The van der Waals surface area contributed by atoms with Crippen molar-refractivity contribution in [3.63, 3.8) is 0 Å². The first-order valence-corrected chi connectivity index (χ1v) is 13.4. The van der Waals surface area contributed by atoms with Gasteiger partial charge in [-0.2, -0.15) is 0 Å². The molecular weight excluding hydrogens is 502 g/mol. The van der Waals surface area contributed by atoms with Crippen LogP contribution < -0.4 is 10.6 Å². The van der Waals surface area contributed by atoms with Crippen LogP contribution in [-0.2, 0) is 19.4 Å². The van der Waals surface area contributed by atoms with E-state index in [0.717, 1.165) is 22.2 Å². The molecule has 1 unspecified atom stereocenters. The van der Waals surface area contributed by atoms with Crippen molar-refractivity contribution in [2.24, 2.45) is 5.73 Å². The molecule has 4 aromatic rings. The van der Waals surface area contributed by atoms with Crippen molar-refractivity contribution in [3.8, 4) is 0 Å². The van der Waals surface area contributed by atoms with Crippen molar-refractivity contribution in [1.82, 2.24) is 14.3 Å². The van der Waals surface area contributed by atoms with Crippen molar-refractivity contribution in [2.45, 2.75) is 17.4 Å². The van der Waals surface area contributed by atoms with Crippen LogP contribution in [0.1, 0.15) is 6.42 Å². The lowest BCUT2D eigenvalue weighted by atomic mass is 10.1. The number of hydrogen-bond acceptors (Lipinski definition) is 6. The Balaban J connectivity index is 1.29. The number of carbonyl (C=O) groups excluding carboxylic acids is 2. The quantitative estimate of drug-likeness (QED) is 0.413. The summed E-state index contributed by atoms with van der Waals surface area (Å²) in [6.45, 7) is 0.916. The second-order valence-electron chi connectivity index (χ2n) is 8.71. The highest BCUT2D eigenvalue weighted by molar-refractivity contribution is 7.91. The molecule has 1 saturated heterocycles. The average molecular weight is 526 g/mol. The molecular formula is C25H24ClN5O4S. The smallest absolute Gasteiger partial charge is 0.242 e. The van der Waals surface area contributed by atoms with Gasteiger partial charge in [-0.15, -0.1) is 0 Å². The lowest BCUT2D eigenvalue weighted by Gasteiger charge is -2.41. The van der Waals surface area contributed by atoms with Gasteiger partial charge in [-0.3, -0.25) is 14.0 Å². The van der Waals surface area contributed by atoms with Crippen LogP contribution >= 0.6 is 11.6 Å². The van der Waals surface area contributed by atoms with Crippen molar-refractivity contribution in [2.75, 3.05) is 30.3 Å². The molecule has 186 valence electrons. The zero-order chi connectivity index (χ0) is 25.4. The Kier molecular flexibility index (Phi) is 6.31. The highest BCUT2D eigenvalue weighted by Crippen LogP contribution is 2.25. The number of sulfone groups is 1. The Hall–Kier alpha value is -3.63. The summed E-state index contributed by atoms with van der Waals surface area (Å²) in [7, 11) is -3.72. The third-order valence-corrected chi connectivity index (χ3v) is 8.43. The van der Waals surface area contributed by atoms with Crippen LogP contribution in [0.3, 0.4) is 0 Å². The number of nitrogens with two attached hydrogens (primary N) is 1. The second kappa shape index (κ2) is 9.44. The Morgan fingerprint density at radius 1 is 1.06 bits per heavy atom. The summed E-state index contributed by atoms with van der Waals surface area (Å²) in [4.78, 5) is 33.1. The SMILES string of the molecule is NC(=O)C1CN(c2cccc3nccn23)CCN1C(=O)CCS(=O)(=O)c1ccc2cc(Cl)ccc2c1. The number of carbonyl (C=O) groups is 2. The Morgan fingerprint density at radius 2 is 1.83 bits per heavy atom. The van der Waals surface area contributed by atoms with Crippen molar-refractivity contribution in [1.29, 1.82) is 0 Å². The van der Waals surface area contributed by atoms with Gasteiger partial charge in [0.1, 0.15) is 17.5 Å². The van der Waals surface area contributed by atoms with E-state index in [1.54, 1.807) is 36.5 Å². The maximum atomic E-state index is 13.1. The number of rotatable bonds is 6. The zero-order valence-corrected chi connectivity index (χ0v) is 20.8. The summed E-state index contributed by atoms with van der Waals surface area (Å²) >= 11 is 6.00. The lowest BCUT2D eigenvalue weighted by molar-refractivity contribution is -0.139. The molecule has 2 N–H and O–H groups in total. The van der Waals surface area contributed by atoms with Crippen LogP contribution in [0.4, 0.5) is 5.82 Å². The molecule has 2 aromatic carbocycles. The fourth-order valence-electron chi connectivity index (χ4n) is 4.59. The van der Waals surface area contributed by atoms with E-state index in [4.69, 9.17) is 17.3 Å². The molecule has 0 bridgehead atoms. The predicted octanol–water partition coefficient (Wildman–Crippen LogP) is 2.51. The minimum atomic E-state index is -3.72. The molecule has 0 saturated carbocycles. The van der Waals surface area contributed by atoms with Crippen LogP contribution in [0.15, 0.2) is 71.9 Å². The largest absolute Gasteiger partial charge is 0.368 e. The van der Waals surface area contributed by atoms with Gasteiger partial charge in [-0.25, -0.2) is 13.4 Å². The third kappa shape index (κ3) is 4.61. The van der Waals surface area contributed by atoms with Crippen molar-refractivity contribution >= 4 is 55.5 Å². The summed E-state index contributed by atoms with van der Waals surface area (Å²) in [5.41, 5.74) is 6.43. The first-order chi connectivity index (χ1) is 17.2. The van der Waals surface area contributed by atoms with E-state index in [1.165, 1.54) is 11.0 Å². The standard InChI is InChI=1S/C25H24ClN5O4S/c26-19-6-4-18-15-20(7-5-17(18)14-19)36(34,35)13-8-24(32)30-12-11-29(16-21(30)25(27)33)23-3-1-2-22-28-9-10-31(22)23/h1-7,9-10,14-15,21H,8,11-13,16H2,(H2,27,33). The number of halogens is 1. The average Bonchev–Trinajstić information content (AvgIpc) is 3.36. The maximum Gasteiger partial charge on any atom is 0.242 e. The van der Waals surface area contributed by atoms with Crippen LogP contribution in [0, 0.1) is 0 Å². The van der Waals surface area contributed by atoms with Gasteiger partial charge in [0.05, 0.1) is 10.6 Å². The Labute approximate surface area is 213 Å². The highest BCUT2D eigenvalue weighted by atomic mass is 35.5. The Morgan fingerprint density at radius 3 is 2.64 bits per heavy atom. The van der Waals surface area contributed by atoms with Crippen molar-refractivity contribution in [3.05, 3.63) is 72.0 Å². The molecule has 1 aliphatic rings. The van der Waals surface area contributed by atoms with Gasteiger partial charge < -0.3 is 15.5 Å². The number of aromatic nitrogens is 2. The summed E-state index contributed by atoms with van der Waals surface area (Å²) < 4.78 is 27.9. The first-order valence-electron chi connectivity index (χ1n) is 11.4. The van der Waals surface area contributed by atoms with Crippen LogP contribution in [0.25, 0.3) is 16.4 Å². The molecule has 1 aliphatic heterocycles. The molecule has 3 heterocycles. The minimum absolute atomic E-state index is 0.134. The second-order valence-corrected chi connectivity index (χ2v) is 11.3. The summed E-state index contributed by atoms with van der Waals surface area (Å²) in [5, 5.41) is 2.13. The maximum absolute atomic E-state index is 13.1. The van der Waals surface area contributed by atoms with Crippen LogP contribution in [-0.4, -0.2) is 65.9 Å². The number of primary amides is 1. The number of imidazole rings is 1. The molecule has 9 nitrogen and oxygen atoms in total. The van der Waals surface area contributed by atoms with E-state index in [9.17, 15) is 18.0 Å². The topological polar surface area (TPSA) is 118 Å². The molecule has 36 heavy (non-hydrogen) atoms. The number of piperazine rings is 1. The fraction of sp³-hybridized carbons (Fsp3) is 0.240. The molecule has 0 spiro atoms. The number of pyridine rings is 1. The summed E-state index contributed by atoms with van der Waals surface area (Å²) in [6.07, 6.45) is 3.27. The number of fused-ring (bicyclic) bond motifs is 2. The molecule has 2 amide bonds. The van der Waals surface area contributed by atoms with Gasteiger partial charge in [0.25, 0.3) is 0 Å². The monoisotopic (exact) mass is 525 g/mol. The van der Waals surface area contributed by atoms with Crippen molar-refractivity contribution < 1.29 is 18.0 Å². The summed E-state index contributed by atoms with van der Waals surface area (Å²) in [6, 6.07) is 14.8.